The summed E-state index contributed by atoms with van der Waals surface area (Å²) in [6.07, 6.45) is 4.28. The van der Waals surface area contributed by atoms with Gasteiger partial charge in [-0.3, -0.25) is 19.2 Å². The number of esters is 2. The van der Waals surface area contributed by atoms with Gasteiger partial charge >= 0.3 is 23.9 Å². The maximum atomic E-state index is 11.8. The molecule has 0 radical (unpaired) electrons. The second kappa shape index (κ2) is 17.0. The molecule has 0 aromatic carbocycles. The first-order valence-corrected chi connectivity index (χ1v) is 9.91. The molecule has 0 aromatic heterocycles. The van der Waals surface area contributed by atoms with Crippen LogP contribution in [0.15, 0.2) is 0 Å². The highest BCUT2D eigenvalue weighted by Crippen LogP contribution is 2.38. The second-order valence-electron chi connectivity index (χ2n) is 6.60. The summed E-state index contributed by atoms with van der Waals surface area (Å²) in [5.74, 6) is -2.32. The molecule has 0 atom stereocenters. The van der Waals surface area contributed by atoms with Crippen molar-refractivity contribution < 1.29 is 38.9 Å². The number of hydrogen-bond acceptors (Lipinski definition) is 6. The lowest BCUT2D eigenvalue weighted by Crippen LogP contribution is -2.29. The van der Waals surface area contributed by atoms with E-state index in [4.69, 9.17) is 19.7 Å². The Kier molecular flexibility index (Phi) is 17.1. The summed E-state index contributed by atoms with van der Waals surface area (Å²) in [5.41, 5.74) is -0.304. The van der Waals surface area contributed by atoms with Crippen molar-refractivity contribution in [2.45, 2.75) is 85.5 Å². The Morgan fingerprint density at radius 2 is 1.07 bits per heavy atom. The third-order valence-corrected chi connectivity index (χ3v) is 3.99. The Labute approximate surface area is 167 Å². The molecule has 0 aliphatic heterocycles. The zero-order valence-corrected chi connectivity index (χ0v) is 17.6. The van der Waals surface area contributed by atoms with Gasteiger partial charge in [-0.15, -0.1) is 0 Å². The summed E-state index contributed by atoms with van der Waals surface area (Å²) in [6.45, 7) is 8.50. The Morgan fingerprint density at radius 3 is 1.32 bits per heavy atom. The number of aliphatic carboxylic acids is 2. The largest absolute Gasteiger partial charge is 0.481 e. The van der Waals surface area contributed by atoms with Gasteiger partial charge in [-0.2, -0.15) is 0 Å². The molecule has 0 fully saturated rings. The Morgan fingerprint density at radius 1 is 0.714 bits per heavy atom. The molecule has 0 spiro atoms. The van der Waals surface area contributed by atoms with Crippen LogP contribution in [0.1, 0.15) is 85.5 Å². The molecule has 0 amide bonds. The predicted octanol–water partition coefficient (Wildman–Crippen LogP) is 3.81. The van der Waals surface area contributed by atoms with Gasteiger partial charge in [0.05, 0.1) is 26.1 Å². The first-order chi connectivity index (χ1) is 13.2. The minimum Gasteiger partial charge on any atom is -0.481 e. The minimum absolute atomic E-state index is 0.0632. The van der Waals surface area contributed by atoms with Gasteiger partial charge in [0, 0.05) is 12.8 Å². The maximum absolute atomic E-state index is 11.8. The molecule has 0 unspecified atom stereocenters. The number of hydrogen-bond donors (Lipinski definition) is 2. The molecule has 0 saturated heterocycles. The topological polar surface area (TPSA) is 127 Å². The van der Waals surface area contributed by atoms with Crippen molar-refractivity contribution in [2.24, 2.45) is 5.41 Å². The Balaban J connectivity index is 0. The molecule has 0 rings (SSSR count). The number of carbonyl (C=O) groups is 4. The van der Waals surface area contributed by atoms with Crippen LogP contribution in [0.4, 0.5) is 0 Å². The monoisotopic (exact) mass is 404 g/mol. The van der Waals surface area contributed by atoms with Crippen molar-refractivity contribution in [3.8, 4) is 0 Å². The van der Waals surface area contributed by atoms with Crippen LogP contribution in [0, 0.1) is 5.41 Å². The summed E-state index contributed by atoms with van der Waals surface area (Å²) < 4.78 is 10.1. The summed E-state index contributed by atoms with van der Waals surface area (Å²) in [6, 6.07) is 0. The van der Waals surface area contributed by atoms with E-state index in [0.29, 0.717) is 26.1 Å². The fraction of sp³-hybridized carbons (Fsp3) is 0.800. The molecule has 0 bridgehead atoms. The van der Waals surface area contributed by atoms with E-state index in [-0.39, 0.29) is 36.6 Å². The van der Waals surface area contributed by atoms with Gasteiger partial charge in [-0.05, 0) is 38.5 Å². The molecule has 0 aliphatic rings. The van der Waals surface area contributed by atoms with E-state index in [9.17, 15) is 19.2 Å². The van der Waals surface area contributed by atoms with E-state index >= 15 is 0 Å². The van der Waals surface area contributed by atoms with Crippen LogP contribution in [-0.4, -0.2) is 47.3 Å². The zero-order chi connectivity index (χ0) is 22.0. The number of carbonyl (C=O) groups excluding carboxylic acids is 2. The molecule has 2 N–H and O–H groups in total. The SMILES string of the molecule is CCCC(CCC)(CC(=O)OCC)CC(=O)OCC.O=C(O)CCCC(=O)O. The highest BCUT2D eigenvalue weighted by molar-refractivity contribution is 5.74. The van der Waals surface area contributed by atoms with Gasteiger partial charge in [0.1, 0.15) is 0 Å². The quantitative estimate of drug-likeness (QED) is 0.418. The van der Waals surface area contributed by atoms with Crippen LogP contribution in [0.2, 0.25) is 0 Å². The van der Waals surface area contributed by atoms with Crippen molar-refractivity contribution in [3.63, 3.8) is 0 Å². The lowest BCUT2D eigenvalue weighted by Gasteiger charge is -2.31. The standard InChI is InChI=1S/C15H28O4.C5H8O4/c1-5-9-15(10-6-2,11-13(16)18-7-3)12-14(17)19-8-4;6-4(7)2-1-3-5(8)9/h5-12H2,1-4H3;1-3H2,(H,6,7)(H,8,9). The van der Waals surface area contributed by atoms with E-state index in [1.807, 2.05) is 0 Å². The minimum atomic E-state index is -0.948. The molecule has 0 aliphatic carbocycles. The molecular formula is C20H36O8. The fourth-order valence-corrected chi connectivity index (χ4v) is 3.03. The van der Waals surface area contributed by atoms with Crippen molar-refractivity contribution in [2.75, 3.05) is 13.2 Å². The van der Waals surface area contributed by atoms with Gasteiger partial charge in [0.25, 0.3) is 0 Å². The maximum Gasteiger partial charge on any atom is 0.306 e. The van der Waals surface area contributed by atoms with Crippen LogP contribution >= 0.6 is 0 Å². The number of ether oxygens (including phenoxy) is 2. The summed E-state index contributed by atoms with van der Waals surface area (Å²) in [4.78, 5) is 43.1. The van der Waals surface area contributed by atoms with Crippen molar-refractivity contribution >= 4 is 23.9 Å². The smallest absolute Gasteiger partial charge is 0.306 e. The van der Waals surface area contributed by atoms with Crippen LogP contribution in [0.25, 0.3) is 0 Å². The Hall–Kier alpha value is -2.12. The fourth-order valence-electron chi connectivity index (χ4n) is 3.03. The van der Waals surface area contributed by atoms with Crippen LogP contribution in [0.3, 0.4) is 0 Å². The average molecular weight is 405 g/mol. The van der Waals surface area contributed by atoms with Gasteiger partial charge in [-0.25, -0.2) is 0 Å². The summed E-state index contributed by atoms with van der Waals surface area (Å²) in [7, 11) is 0. The van der Waals surface area contributed by atoms with E-state index in [1.54, 1.807) is 13.8 Å². The Bertz CT molecular complexity index is 431. The predicted molar refractivity (Wildman–Crippen MR) is 104 cm³/mol. The zero-order valence-electron chi connectivity index (χ0n) is 17.6. The third kappa shape index (κ3) is 16.1. The molecule has 164 valence electrons. The normalized spacial score (nSPS) is 10.4. The molecule has 0 heterocycles. The van der Waals surface area contributed by atoms with Crippen molar-refractivity contribution in [1.82, 2.24) is 0 Å². The van der Waals surface area contributed by atoms with Crippen LogP contribution in [0.5, 0.6) is 0 Å². The van der Waals surface area contributed by atoms with E-state index < -0.39 is 11.9 Å². The number of rotatable bonds is 14. The van der Waals surface area contributed by atoms with Crippen LogP contribution < -0.4 is 0 Å². The van der Waals surface area contributed by atoms with Crippen LogP contribution in [-0.2, 0) is 28.7 Å². The van der Waals surface area contributed by atoms with E-state index in [0.717, 1.165) is 25.7 Å². The van der Waals surface area contributed by atoms with Gasteiger partial charge in [0.15, 0.2) is 0 Å². The lowest BCUT2D eigenvalue weighted by molar-refractivity contribution is -0.151. The van der Waals surface area contributed by atoms with E-state index in [1.165, 1.54) is 0 Å². The van der Waals surface area contributed by atoms with Gasteiger partial charge in [-0.1, -0.05) is 26.7 Å². The first kappa shape index (κ1) is 28.1. The average Bonchev–Trinajstić information content (AvgIpc) is 2.55. The highest BCUT2D eigenvalue weighted by atomic mass is 16.5. The highest BCUT2D eigenvalue weighted by Gasteiger charge is 2.34. The molecule has 28 heavy (non-hydrogen) atoms. The second-order valence-corrected chi connectivity index (χ2v) is 6.60. The molecular weight excluding hydrogens is 368 g/mol. The summed E-state index contributed by atoms with van der Waals surface area (Å²) in [5, 5.41) is 16.1. The van der Waals surface area contributed by atoms with Crippen molar-refractivity contribution in [1.29, 1.82) is 0 Å². The third-order valence-electron chi connectivity index (χ3n) is 3.99. The number of carboxylic acid groups (broad SMARTS) is 2. The van der Waals surface area contributed by atoms with Gasteiger partial charge < -0.3 is 19.7 Å². The molecule has 8 heteroatoms. The first-order valence-electron chi connectivity index (χ1n) is 9.91. The molecule has 8 nitrogen and oxygen atoms in total. The summed E-state index contributed by atoms with van der Waals surface area (Å²) >= 11 is 0. The van der Waals surface area contributed by atoms with Crippen molar-refractivity contribution in [3.05, 3.63) is 0 Å². The van der Waals surface area contributed by atoms with E-state index in [2.05, 4.69) is 13.8 Å². The number of carboxylic acids is 2. The molecule has 0 aromatic rings. The molecule has 0 saturated carbocycles. The lowest BCUT2D eigenvalue weighted by atomic mass is 9.74. The van der Waals surface area contributed by atoms with Gasteiger partial charge in [0.2, 0.25) is 0 Å².